The summed E-state index contributed by atoms with van der Waals surface area (Å²) in [5.74, 6) is 0. The minimum Gasteiger partial charge on any atom is -0.309 e. The topological polar surface area (TPSA) is 9.86 Å². The van der Waals surface area contributed by atoms with E-state index >= 15 is 0 Å². The Labute approximate surface area is 349 Å². The van der Waals surface area contributed by atoms with Gasteiger partial charge < -0.3 is 9.13 Å². The smallest absolute Gasteiger partial charge is 0.0714 e. The van der Waals surface area contributed by atoms with Gasteiger partial charge in [0, 0.05) is 38.3 Å². The van der Waals surface area contributed by atoms with Crippen LogP contribution in [0.25, 0.3) is 77.2 Å². The third-order valence-electron chi connectivity index (χ3n) is 13.9. The Morgan fingerprint density at radius 3 is 1.53 bits per heavy atom. The molecular weight excluding hydrogens is 725 g/mol. The highest BCUT2D eigenvalue weighted by Crippen LogP contribution is 2.60. The Kier molecular flexibility index (Phi) is 6.74. The van der Waals surface area contributed by atoms with Crippen LogP contribution in [-0.2, 0) is 10.8 Å². The van der Waals surface area contributed by atoms with Crippen LogP contribution in [0.5, 0.6) is 0 Å². The van der Waals surface area contributed by atoms with Gasteiger partial charge in [0.2, 0.25) is 0 Å². The van der Waals surface area contributed by atoms with Gasteiger partial charge in [0.05, 0.1) is 27.5 Å². The van der Waals surface area contributed by atoms with E-state index in [1.165, 1.54) is 105 Å². The lowest BCUT2D eigenvalue weighted by Crippen LogP contribution is -2.28. The van der Waals surface area contributed by atoms with Gasteiger partial charge in [-0.2, -0.15) is 0 Å². The highest BCUT2D eigenvalue weighted by atomic mass is 15.0. The SMILES string of the molecule is CC1(C)c2ccccc2-c2c1c1c(c3ccccc3n1-c1ccc3c(c1)C(c1ccccc1)(c1ccccc1)c1ccccc1-3)c1c2c2ccccc2n1-c1ccccc1. The van der Waals surface area contributed by atoms with Gasteiger partial charge in [-0.15, -0.1) is 0 Å². The average molecular weight is 765 g/mol. The third-order valence-corrected chi connectivity index (χ3v) is 13.9. The van der Waals surface area contributed by atoms with Gasteiger partial charge >= 0.3 is 0 Å². The normalized spacial score (nSPS) is 14.4. The molecular formula is C58H40N2. The van der Waals surface area contributed by atoms with Gasteiger partial charge in [0.1, 0.15) is 0 Å². The van der Waals surface area contributed by atoms with E-state index in [1.54, 1.807) is 0 Å². The molecule has 0 fully saturated rings. The summed E-state index contributed by atoms with van der Waals surface area (Å²) >= 11 is 0. The molecule has 282 valence electrons. The van der Waals surface area contributed by atoms with Gasteiger partial charge in [0.25, 0.3) is 0 Å². The van der Waals surface area contributed by atoms with E-state index in [9.17, 15) is 0 Å². The zero-order valence-corrected chi connectivity index (χ0v) is 33.5. The number of hydrogen-bond acceptors (Lipinski definition) is 0. The number of para-hydroxylation sites is 3. The summed E-state index contributed by atoms with van der Waals surface area (Å²) in [6, 6.07) is 76.9. The minimum absolute atomic E-state index is 0.273. The zero-order valence-electron chi connectivity index (χ0n) is 33.5. The van der Waals surface area contributed by atoms with Crippen molar-refractivity contribution in [3.05, 3.63) is 240 Å². The lowest BCUT2D eigenvalue weighted by Gasteiger charge is -2.34. The van der Waals surface area contributed by atoms with Gasteiger partial charge in [-0.05, 0) is 92.0 Å². The molecule has 60 heavy (non-hydrogen) atoms. The van der Waals surface area contributed by atoms with E-state index in [0.29, 0.717) is 0 Å². The molecule has 2 heteroatoms. The maximum absolute atomic E-state index is 2.62. The molecule has 9 aromatic carbocycles. The van der Waals surface area contributed by atoms with Crippen molar-refractivity contribution in [2.24, 2.45) is 0 Å². The van der Waals surface area contributed by atoms with Gasteiger partial charge in [-0.25, -0.2) is 0 Å². The highest BCUT2D eigenvalue weighted by Gasteiger charge is 2.47. The number of hydrogen-bond donors (Lipinski definition) is 0. The van der Waals surface area contributed by atoms with Crippen LogP contribution in [0.15, 0.2) is 206 Å². The Hall–Kier alpha value is -7.42. The molecule has 0 saturated heterocycles. The summed E-state index contributed by atoms with van der Waals surface area (Å²) in [4.78, 5) is 0. The molecule has 0 atom stereocenters. The van der Waals surface area contributed by atoms with E-state index < -0.39 is 5.41 Å². The molecule has 0 spiro atoms. The predicted molar refractivity (Wildman–Crippen MR) is 250 cm³/mol. The van der Waals surface area contributed by atoms with Crippen LogP contribution in [-0.4, -0.2) is 9.13 Å². The molecule has 0 N–H and O–H groups in total. The van der Waals surface area contributed by atoms with E-state index in [-0.39, 0.29) is 5.41 Å². The highest BCUT2D eigenvalue weighted by molar-refractivity contribution is 6.32. The van der Waals surface area contributed by atoms with Crippen LogP contribution in [0.1, 0.15) is 47.2 Å². The van der Waals surface area contributed by atoms with Crippen molar-refractivity contribution in [2.45, 2.75) is 24.7 Å². The monoisotopic (exact) mass is 764 g/mol. The maximum atomic E-state index is 2.62. The summed E-state index contributed by atoms with van der Waals surface area (Å²) in [7, 11) is 0. The van der Waals surface area contributed by atoms with Crippen molar-refractivity contribution in [2.75, 3.05) is 0 Å². The van der Waals surface area contributed by atoms with Gasteiger partial charge in [-0.1, -0.05) is 184 Å². The molecule has 2 nitrogen and oxygen atoms in total. The summed E-state index contributed by atoms with van der Waals surface area (Å²) < 4.78 is 5.15. The summed E-state index contributed by atoms with van der Waals surface area (Å²) in [6.07, 6.45) is 0. The Morgan fingerprint density at radius 2 is 0.867 bits per heavy atom. The van der Waals surface area contributed by atoms with Crippen molar-refractivity contribution in [1.82, 2.24) is 9.13 Å². The summed E-state index contributed by atoms with van der Waals surface area (Å²) in [5, 5.41) is 5.16. The van der Waals surface area contributed by atoms with Gasteiger partial charge in [0.15, 0.2) is 0 Å². The molecule has 2 heterocycles. The first-order chi connectivity index (χ1) is 29.6. The quantitative estimate of drug-likeness (QED) is 0.169. The molecule has 0 radical (unpaired) electrons. The number of aromatic nitrogens is 2. The largest absolute Gasteiger partial charge is 0.309 e. The van der Waals surface area contributed by atoms with Crippen LogP contribution in [0.2, 0.25) is 0 Å². The fourth-order valence-electron chi connectivity index (χ4n) is 11.6. The van der Waals surface area contributed by atoms with E-state index in [2.05, 4.69) is 229 Å². The molecule has 2 aromatic heterocycles. The average Bonchev–Trinajstić information content (AvgIpc) is 3.99. The molecule has 0 saturated carbocycles. The first-order valence-electron chi connectivity index (χ1n) is 21.1. The van der Waals surface area contributed by atoms with Crippen molar-refractivity contribution in [3.63, 3.8) is 0 Å². The molecule has 2 aliphatic rings. The first-order valence-corrected chi connectivity index (χ1v) is 21.1. The van der Waals surface area contributed by atoms with Crippen molar-refractivity contribution in [3.8, 4) is 33.6 Å². The zero-order chi connectivity index (χ0) is 39.7. The van der Waals surface area contributed by atoms with E-state index in [1.807, 2.05) is 0 Å². The number of nitrogens with zero attached hydrogens (tertiary/aromatic N) is 2. The Bertz CT molecular complexity index is 3510. The third kappa shape index (κ3) is 4.13. The van der Waals surface area contributed by atoms with Gasteiger partial charge in [-0.3, -0.25) is 0 Å². The standard InChI is InChI=1S/C58H40N2/c1-57(2)46-30-16-13-27-43(46)51-52-44-28-14-18-32-49(44)59(39-24-10-5-11-25-39)55(52)53-45-29-15-19-33-50(45)60(56(53)54(51)57)40-34-35-42-41-26-12-17-31-47(41)58(48(42)36-40,37-20-6-3-7-21-37)38-22-8-4-9-23-38/h3-36H,1-2H3. The Morgan fingerprint density at radius 1 is 0.367 bits per heavy atom. The molecule has 0 amide bonds. The lowest BCUT2D eigenvalue weighted by atomic mass is 9.67. The van der Waals surface area contributed by atoms with Crippen LogP contribution < -0.4 is 0 Å². The second-order valence-corrected chi connectivity index (χ2v) is 17.2. The first kappa shape index (κ1) is 33.5. The van der Waals surface area contributed by atoms with Crippen LogP contribution in [0.4, 0.5) is 0 Å². The van der Waals surface area contributed by atoms with Crippen molar-refractivity contribution in [1.29, 1.82) is 0 Å². The molecule has 13 rings (SSSR count). The van der Waals surface area contributed by atoms with Crippen LogP contribution >= 0.6 is 0 Å². The second-order valence-electron chi connectivity index (χ2n) is 17.2. The maximum Gasteiger partial charge on any atom is 0.0714 e. The van der Waals surface area contributed by atoms with Crippen LogP contribution in [0, 0.1) is 0 Å². The number of fused-ring (bicyclic) bond motifs is 15. The van der Waals surface area contributed by atoms with Crippen LogP contribution in [0.3, 0.4) is 0 Å². The number of benzene rings is 9. The lowest BCUT2D eigenvalue weighted by molar-refractivity contribution is 0.664. The summed E-state index contributed by atoms with van der Waals surface area (Å²) in [5.41, 5.74) is 19.7. The molecule has 2 aliphatic carbocycles. The Balaban J connectivity index is 1.24. The number of rotatable bonds is 4. The molecule has 0 unspecified atom stereocenters. The van der Waals surface area contributed by atoms with Crippen molar-refractivity contribution >= 4 is 43.6 Å². The fourth-order valence-corrected chi connectivity index (χ4v) is 11.6. The van der Waals surface area contributed by atoms with E-state index in [4.69, 9.17) is 0 Å². The molecule has 0 bridgehead atoms. The second kappa shape index (κ2) is 12.1. The molecule has 0 aliphatic heterocycles. The molecule has 11 aromatic rings. The van der Waals surface area contributed by atoms with E-state index in [0.717, 1.165) is 5.69 Å². The summed E-state index contributed by atoms with van der Waals surface area (Å²) in [6.45, 7) is 4.88. The predicted octanol–water partition coefficient (Wildman–Crippen LogP) is 14.6. The van der Waals surface area contributed by atoms with Crippen molar-refractivity contribution < 1.29 is 0 Å². The minimum atomic E-state index is -0.506. The fraction of sp³-hybridized carbons (Fsp3) is 0.0690.